The zero-order valence-electron chi connectivity index (χ0n) is 17.6. The van der Waals surface area contributed by atoms with Gasteiger partial charge in [0.1, 0.15) is 6.61 Å². The Kier molecular flexibility index (Phi) is 6.00. The largest absolute Gasteiger partial charge is 0.471 e. The van der Waals surface area contributed by atoms with E-state index in [0.29, 0.717) is 16.7 Å². The number of anilines is 1. The molecule has 2 aromatic heterocycles. The van der Waals surface area contributed by atoms with Crippen molar-refractivity contribution in [2.24, 2.45) is 5.11 Å². The molecule has 0 fully saturated rings. The number of benzene rings is 2. The fraction of sp³-hybridized carbons (Fsp3) is 0.190. The number of nitro benzene ring substituents is 1. The number of nitrogens with zero attached hydrogens (tertiary/aromatic N) is 8. The van der Waals surface area contributed by atoms with Crippen LogP contribution in [0.5, 0.6) is 5.88 Å². The highest BCUT2D eigenvalue weighted by Crippen LogP contribution is 2.31. The van der Waals surface area contributed by atoms with Gasteiger partial charge >= 0.3 is 0 Å². The van der Waals surface area contributed by atoms with Crippen LogP contribution >= 0.6 is 0 Å². The number of hydrogen-bond acceptors (Lipinski definition) is 8. The smallest absolute Gasteiger partial charge is 0.274 e. The van der Waals surface area contributed by atoms with E-state index in [9.17, 15) is 10.1 Å². The maximum atomic E-state index is 11.5. The lowest BCUT2D eigenvalue weighted by Gasteiger charge is -2.15. The number of azide groups is 1. The van der Waals surface area contributed by atoms with Crippen LogP contribution in [0.25, 0.3) is 21.6 Å². The normalized spacial score (nSPS) is 11.7. The summed E-state index contributed by atoms with van der Waals surface area (Å²) in [6.07, 6.45) is 1.54. The van der Waals surface area contributed by atoms with Crippen molar-refractivity contribution in [1.29, 1.82) is 0 Å². The van der Waals surface area contributed by atoms with Crippen molar-refractivity contribution >= 4 is 22.8 Å². The van der Waals surface area contributed by atoms with Crippen molar-refractivity contribution in [3.63, 3.8) is 0 Å². The van der Waals surface area contributed by atoms with Crippen molar-refractivity contribution in [3.05, 3.63) is 92.1 Å². The summed E-state index contributed by atoms with van der Waals surface area (Å²) in [7, 11) is 0. The molecule has 0 aliphatic rings. The number of nitrogens with two attached hydrogens (primary N) is 1. The van der Waals surface area contributed by atoms with Crippen molar-refractivity contribution in [3.8, 4) is 5.88 Å². The first-order chi connectivity index (χ1) is 16.0. The molecule has 0 aliphatic carbocycles. The lowest BCUT2D eigenvalue weighted by Crippen LogP contribution is -2.10. The summed E-state index contributed by atoms with van der Waals surface area (Å²) in [5.41, 5.74) is 17.4. The zero-order chi connectivity index (χ0) is 23.4. The van der Waals surface area contributed by atoms with Gasteiger partial charge in [-0.05, 0) is 23.6 Å². The molecule has 0 saturated carbocycles. The van der Waals surface area contributed by atoms with Crippen LogP contribution < -0.4 is 10.5 Å². The number of imidazole rings is 1. The number of ether oxygens (including phenoxy) is 1. The summed E-state index contributed by atoms with van der Waals surface area (Å²) < 4.78 is 7.57. The highest BCUT2D eigenvalue weighted by atomic mass is 16.6. The lowest BCUT2D eigenvalue weighted by molar-refractivity contribution is -0.385. The van der Waals surface area contributed by atoms with Gasteiger partial charge in [-0.2, -0.15) is 9.97 Å². The molecular weight excluding hydrogens is 426 g/mol. The average Bonchev–Trinajstić information content (AvgIpc) is 3.25. The van der Waals surface area contributed by atoms with Crippen molar-refractivity contribution in [2.45, 2.75) is 26.1 Å². The van der Waals surface area contributed by atoms with E-state index in [1.807, 2.05) is 31.2 Å². The molecular formula is C21H19N9O3. The fourth-order valence-corrected chi connectivity index (χ4v) is 3.45. The minimum atomic E-state index is -0.428. The molecule has 1 unspecified atom stereocenters. The third-order valence-electron chi connectivity index (χ3n) is 5.12. The Hall–Kier alpha value is -4.70. The highest BCUT2D eigenvalue weighted by Gasteiger charge is 2.23. The fourth-order valence-electron chi connectivity index (χ4n) is 3.45. The second-order valence-electron chi connectivity index (χ2n) is 7.20. The molecule has 33 heavy (non-hydrogen) atoms. The molecule has 1 atom stereocenters. The minimum absolute atomic E-state index is 0.00118. The van der Waals surface area contributed by atoms with Crippen LogP contribution in [0.1, 0.15) is 29.7 Å². The maximum absolute atomic E-state index is 11.5. The maximum Gasteiger partial charge on any atom is 0.274 e. The van der Waals surface area contributed by atoms with Gasteiger partial charge in [-0.1, -0.05) is 47.6 Å². The molecule has 2 aromatic carbocycles. The van der Waals surface area contributed by atoms with Crippen LogP contribution in [-0.4, -0.2) is 24.4 Å². The predicted octanol–water partition coefficient (Wildman–Crippen LogP) is 4.32. The Morgan fingerprint density at radius 1 is 1.21 bits per heavy atom. The molecule has 2 N–H and O–H groups in total. The SMILES string of the molecule is CC(c1ccccc1[N+](=O)[O-])n1cnc2c(OCc3ccc(CN=[N+]=[N-])cc3)nc(N)nc21. The van der Waals surface area contributed by atoms with Crippen molar-refractivity contribution < 1.29 is 9.66 Å². The van der Waals surface area contributed by atoms with Crippen LogP contribution in [0.4, 0.5) is 11.6 Å². The van der Waals surface area contributed by atoms with Gasteiger partial charge in [0.2, 0.25) is 11.8 Å². The molecule has 2 heterocycles. The van der Waals surface area contributed by atoms with E-state index in [1.54, 1.807) is 22.8 Å². The molecule has 0 saturated heterocycles. The van der Waals surface area contributed by atoms with E-state index in [-0.39, 0.29) is 30.7 Å². The van der Waals surface area contributed by atoms with E-state index < -0.39 is 11.0 Å². The summed E-state index contributed by atoms with van der Waals surface area (Å²) in [6, 6.07) is 13.5. The monoisotopic (exact) mass is 445 g/mol. The van der Waals surface area contributed by atoms with E-state index in [0.717, 1.165) is 11.1 Å². The summed E-state index contributed by atoms with van der Waals surface area (Å²) in [5, 5.41) is 15.0. The number of nitrogen functional groups attached to an aromatic ring is 1. The predicted molar refractivity (Wildman–Crippen MR) is 120 cm³/mol. The number of fused-ring (bicyclic) bond motifs is 1. The number of hydrogen-bond donors (Lipinski definition) is 1. The molecule has 0 bridgehead atoms. The molecule has 12 heteroatoms. The van der Waals surface area contributed by atoms with E-state index in [2.05, 4.69) is 25.0 Å². The molecule has 12 nitrogen and oxygen atoms in total. The quantitative estimate of drug-likeness (QED) is 0.138. The van der Waals surface area contributed by atoms with Crippen LogP contribution in [0.3, 0.4) is 0 Å². The molecule has 0 aliphatic heterocycles. The van der Waals surface area contributed by atoms with E-state index in [1.165, 1.54) is 12.4 Å². The van der Waals surface area contributed by atoms with Crippen molar-refractivity contribution in [2.75, 3.05) is 5.73 Å². The van der Waals surface area contributed by atoms with Gasteiger partial charge in [0, 0.05) is 11.0 Å². The zero-order valence-corrected chi connectivity index (χ0v) is 17.6. The van der Waals surface area contributed by atoms with Gasteiger partial charge in [-0.3, -0.25) is 10.1 Å². The molecule has 4 rings (SSSR count). The van der Waals surface area contributed by atoms with Gasteiger partial charge < -0.3 is 15.0 Å². The lowest BCUT2D eigenvalue weighted by atomic mass is 10.1. The minimum Gasteiger partial charge on any atom is -0.471 e. The second kappa shape index (κ2) is 9.20. The van der Waals surface area contributed by atoms with Gasteiger partial charge in [0.25, 0.3) is 5.69 Å². The Labute approximate surface area is 187 Å². The average molecular weight is 445 g/mol. The first-order valence-corrected chi connectivity index (χ1v) is 9.92. The topological polar surface area (TPSA) is 171 Å². The summed E-state index contributed by atoms with van der Waals surface area (Å²) >= 11 is 0. The van der Waals surface area contributed by atoms with E-state index in [4.69, 9.17) is 16.0 Å². The number of rotatable bonds is 8. The van der Waals surface area contributed by atoms with Crippen LogP contribution in [0, 0.1) is 10.1 Å². The van der Waals surface area contributed by atoms with Crippen LogP contribution in [0.2, 0.25) is 0 Å². The number of para-hydroxylation sites is 1. The Morgan fingerprint density at radius 3 is 2.67 bits per heavy atom. The first kappa shape index (κ1) is 21.5. The van der Waals surface area contributed by atoms with Crippen molar-refractivity contribution in [1.82, 2.24) is 19.5 Å². The summed E-state index contributed by atoms with van der Waals surface area (Å²) in [6.45, 7) is 2.30. The number of aromatic nitrogens is 4. The first-order valence-electron chi connectivity index (χ1n) is 9.92. The standard InChI is InChI=1S/C21H19N9O3/c1-13(16-4-2-3-5-17(16)30(31)32)29-12-24-18-19(29)26-21(22)27-20(18)33-11-15-8-6-14(7-9-15)10-25-28-23/h2-9,12-13H,10-11H2,1H3,(H2,22,26,27). The van der Waals surface area contributed by atoms with Gasteiger partial charge in [-0.15, -0.1) is 0 Å². The molecule has 0 amide bonds. The van der Waals surface area contributed by atoms with Gasteiger partial charge in [-0.25, -0.2) is 4.98 Å². The summed E-state index contributed by atoms with van der Waals surface area (Å²) in [5.74, 6) is 0.211. The van der Waals surface area contributed by atoms with Crippen LogP contribution in [-0.2, 0) is 13.2 Å². The molecule has 4 aromatic rings. The van der Waals surface area contributed by atoms with Gasteiger partial charge in [0.15, 0.2) is 11.2 Å². The molecule has 0 radical (unpaired) electrons. The van der Waals surface area contributed by atoms with Crippen LogP contribution in [0.15, 0.2) is 60.0 Å². The third-order valence-corrected chi connectivity index (χ3v) is 5.12. The van der Waals surface area contributed by atoms with Gasteiger partial charge in [0.05, 0.1) is 29.4 Å². The molecule has 166 valence electrons. The third kappa shape index (κ3) is 4.50. The Morgan fingerprint density at radius 2 is 1.94 bits per heavy atom. The Bertz CT molecular complexity index is 1360. The number of nitro groups is 1. The summed E-state index contributed by atoms with van der Waals surface area (Å²) in [4.78, 5) is 26.6. The molecule has 0 spiro atoms. The Balaban J connectivity index is 1.62. The van der Waals surface area contributed by atoms with E-state index >= 15 is 0 Å². The highest BCUT2D eigenvalue weighted by molar-refractivity contribution is 5.78. The second-order valence-corrected chi connectivity index (χ2v) is 7.20.